The summed E-state index contributed by atoms with van der Waals surface area (Å²) >= 11 is 0. The van der Waals surface area contributed by atoms with Crippen molar-refractivity contribution >= 4 is 29.9 Å². The van der Waals surface area contributed by atoms with Crippen molar-refractivity contribution in [3.05, 3.63) is 47.3 Å². The van der Waals surface area contributed by atoms with Gasteiger partial charge < -0.3 is 19.7 Å². The number of nitrogens with zero attached hydrogens (tertiary/aromatic N) is 4. The Morgan fingerprint density at radius 3 is 2.58 bits per heavy atom. The lowest BCUT2D eigenvalue weighted by Gasteiger charge is -2.34. The van der Waals surface area contributed by atoms with E-state index in [1.165, 1.54) is 5.56 Å². The first-order chi connectivity index (χ1) is 14.6. The minimum Gasteiger partial charge on any atom is -0.385 e. The van der Waals surface area contributed by atoms with Crippen LogP contribution >= 0.6 is 24.0 Å². The first-order valence-corrected chi connectivity index (χ1v) is 10.8. The van der Waals surface area contributed by atoms with Crippen LogP contribution < -0.4 is 5.32 Å². The van der Waals surface area contributed by atoms with E-state index in [0.717, 1.165) is 68.6 Å². The summed E-state index contributed by atoms with van der Waals surface area (Å²) in [7, 11) is 3.58. The number of likely N-dealkylation sites (tertiary alicyclic amines) is 1. The van der Waals surface area contributed by atoms with E-state index in [2.05, 4.69) is 57.6 Å². The average Bonchev–Trinajstić information content (AvgIpc) is 3.10. The highest BCUT2D eigenvalue weighted by Crippen LogP contribution is 2.18. The predicted molar refractivity (Wildman–Crippen MR) is 136 cm³/mol. The molecule has 0 bridgehead atoms. The van der Waals surface area contributed by atoms with Crippen molar-refractivity contribution in [2.75, 3.05) is 40.5 Å². The van der Waals surface area contributed by atoms with Crippen LogP contribution in [0, 0.1) is 13.8 Å². The molecule has 31 heavy (non-hydrogen) atoms. The van der Waals surface area contributed by atoms with E-state index in [1.54, 1.807) is 7.11 Å². The number of nitrogens with one attached hydrogen (secondary N) is 1. The number of ether oxygens (including phenoxy) is 2. The van der Waals surface area contributed by atoms with Crippen LogP contribution in [-0.4, -0.2) is 67.2 Å². The number of aromatic nitrogens is 2. The van der Waals surface area contributed by atoms with Gasteiger partial charge in [-0.2, -0.15) is 5.10 Å². The second-order valence-electron chi connectivity index (χ2n) is 7.77. The number of aliphatic imine (C=N–C) groups is 1. The van der Waals surface area contributed by atoms with E-state index in [4.69, 9.17) is 9.47 Å². The third kappa shape index (κ3) is 7.18. The zero-order valence-corrected chi connectivity index (χ0v) is 21.5. The maximum atomic E-state index is 5.98. The third-order valence-corrected chi connectivity index (χ3v) is 5.47. The normalized spacial score (nSPS) is 15.1. The molecule has 0 atom stereocenters. The summed E-state index contributed by atoms with van der Waals surface area (Å²) < 4.78 is 13.1. The molecule has 7 nitrogen and oxygen atoms in total. The molecule has 0 radical (unpaired) electrons. The Kier molecular flexibility index (Phi) is 10.8. The molecule has 0 unspecified atom stereocenters. The predicted octanol–water partition coefficient (Wildman–Crippen LogP) is 3.70. The van der Waals surface area contributed by atoms with E-state index in [0.29, 0.717) is 12.6 Å². The molecule has 1 aliphatic heterocycles. The molecule has 1 aromatic carbocycles. The first-order valence-electron chi connectivity index (χ1n) is 10.8. The van der Waals surface area contributed by atoms with Gasteiger partial charge in [0, 0.05) is 52.7 Å². The van der Waals surface area contributed by atoms with E-state index in [1.807, 2.05) is 18.7 Å². The lowest BCUT2D eigenvalue weighted by atomic mass is 10.1. The summed E-state index contributed by atoms with van der Waals surface area (Å²) in [5.74, 6) is 0.941. The van der Waals surface area contributed by atoms with Gasteiger partial charge in [-0.15, -0.1) is 24.0 Å². The van der Waals surface area contributed by atoms with Crippen LogP contribution in [-0.2, 0) is 16.0 Å². The number of halogens is 1. The number of rotatable bonds is 8. The van der Waals surface area contributed by atoms with Crippen molar-refractivity contribution in [2.24, 2.45) is 4.99 Å². The first kappa shape index (κ1) is 25.6. The number of hydrogen-bond donors (Lipinski definition) is 1. The van der Waals surface area contributed by atoms with Crippen LogP contribution in [0.15, 0.2) is 35.3 Å². The van der Waals surface area contributed by atoms with Crippen molar-refractivity contribution in [1.29, 1.82) is 0 Å². The lowest BCUT2D eigenvalue weighted by molar-refractivity contribution is 0.00989. The smallest absolute Gasteiger partial charge is 0.193 e. The van der Waals surface area contributed by atoms with Gasteiger partial charge in [-0.3, -0.25) is 4.99 Å². The van der Waals surface area contributed by atoms with Gasteiger partial charge in [-0.1, -0.05) is 18.2 Å². The largest absolute Gasteiger partial charge is 0.385 e. The van der Waals surface area contributed by atoms with Crippen LogP contribution in [0.3, 0.4) is 0 Å². The number of para-hydroxylation sites is 1. The molecule has 3 rings (SSSR count). The van der Waals surface area contributed by atoms with Crippen LogP contribution in [0.5, 0.6) is 0 Å². The third-order valence-electron chi connectivity index (χ3n) is 5.47. The number of guanidine groups is 1. The minimum atomic E-state index is 0. The van der Waals surface area contributed by atoms with Gasteiger partial charge in [-0.05, 0) is 50.8 Å². The molecule has 172 valence electrons. The molecule has 2 aromatic rings. The summed E-state index contributed by atoms with van der Waals surface area (Å²) in [5, 5.41) is 8.19. The molecular weight excluding hydrogens is 505 g/mol. The van der Waals surface area contributed by atoms with Gasteiger partial charge in [0.1, 0.15) is 0 Å². The highest BCUT2D eigenvalue weighted by Gasteiger charge is 2.22. The van der Waals surface area contributed by atoms with Gasteiger partial charge in [0.15, 0.2) is 5.96 Å². The fraction of sp³-hybridized carbons (Fsp3) is 0.565. The maximum absolute atomic E-state index is 5.98. The Morgan fingerprint density at radius 2 is 1.94 bits per heavy atom. The summed E-state index contributed by atoms with van der Waals surface area (Å²) in [4.78, 5) is 6.83. The standard InChI is InChI=1S/C23H35N5O2.HI/c1-18-16-19(2)28(26-18)22-9-6-5-8-20(22)17-25-23(24-3)27-12-10-21(11-13-27)30-15-7-14-29-4;/h5-6,8-9,16,21H,7,10-15,17H2,1-4H3,(H,24,25);1H. The Bertz CT molecular complexity index is 831. The summed E-state index contributed by atoms with van der Waals surface area (Å²) in [6.45, 7) is 8.25. The molecule has 0 saturated carbocycles. The zero-order chi connectivity index (χ0) is 21.3. The van der Waals surface area contributed by atoms with E-state index >= 15 is 0 Å². The zero-order valence-electron chi connectivity index (χ0n) is 19.1. The fourth-order valence-electron chi connectivity index (χ4n) is 3.93. The number of aryl methyl sites for hydroxylation is 2. The van der Waals surface area contributed by atoms with Gasteiger partial charge in [-0.25, -0.2) is 4.68 Å². The molecule has 0 amide bonds. The SMILES string of the molecule is CN=C(NCc1ccccc1-n1nc(C)cc1C)N1CCC(OCCCOC)CC1.I. The fourth-order valence-corrected chi connectivity index (χ4v) is 3.93. The average molecular weight is 541 g/mol. The van der Waals surface area contributed by atoms with Gasteiger partial charge in [0.05, 0.1) is 17.5 Å². The maximum Gasteiger partial charge on any atom is 0.193 e. The highest BCUT2D eigenvalue weighted by molar-refractivity contribution is 14.0. The summed E-state index contributed by atoms with van der Waals surface area (Å²) in [6, 6.07) is 10.5. The molecule has 1 saturated heterocycles. The van der Waals surface area contributed by atoms with Crippen molar-refractivity contribution in [1.82, 2.24) is 20.0 Å². The molecular formula is C23H36IN5O2. The second-order valence-corrected chi connectivity index (χ2v) is 7.77. The molecule has 0 spiro atoms. The van der Waals surface area contributed by atoms with E-state index in [-0.39, 0.29) is 24.0 Å². The molecule has 1 N–H and O–H groups in total. The topological polar surface area (TPSA) is 63.9 Å². The van der Waals surface area contributed by atoms with Crippen molar-refractivity contribution in [2.45, 2.75) is 45.8 Å². The molecule has 1 aliphatic rings. The van der Waals surface area contributed by atoms with E-state index in [9.17, 15) is 0 Å². The van der Waals surface area contributed by atoms with Crippen molar-refractivity contribution in [3.63, 3.8) is 0 Å². The highest BCUT2D eigenvalue weighted by atomic mass is 127. The number of methoxy groups -OCH3 is 1. The molecule has 1 aromatic heterocycles. The van der Waals surface area contributed by atoms with Crippen LogP contribution in [0.25, 0.3) is 5.69 Å². The Balaban J connectivity index is 0.00000341. The number of piperidine rings is 1. The van der Waals surface area contributed by atoms with Gasteiger partial charge >= 0.3 is 0 Å². The van der Waals surface area contributed by atoms with Crippen molar-refractivity contribution in [3.8, 4) is 5.69 Å². The van der Waals surface area contributed by atoms with Gasteiger partial charge in [0.2, 0.25) is 0 Å². The quantitative estimate of drug-likeness (QED) is 0.239. The summed E-state index contributed by atoms with van der Waals surface area (Å²) in [6.07, 6.45) is 3.34. The molecule has 8 heteroatoms. The van der Waals surface area contributed by atoms with Crippen LogP contribution in [0.2, 0.25) is 0 Å². The Morgan fingerprint density at radius 1 is 1.19 bits per heavy atom. The number of hydrogen-bond acceptors (Lipinski definition) is 4. The Hall–Kier alpha value is -1.65. The van der Waals surface area contributed by atoms with Crippen LogP contribution in [0.1, 0.15) is 36.2 Å². The monoisotopic (exact) mass is 541 g/mol. The molecule has 0 aliphatic carbocycles. The number of benzene rings is 1. The molecule has 2 heterocycles. The van der Waals surface area contributed by atoms with Crippen LogP contribution in [0.4, 0.5) is 0 Å². The second kappa shape index (κ2) is 13.0. The van der Waals surface area contributed by atoms with E-state index < -0.39 is 0 Å². The summed E-state index contributed by atoms with van der Waals surface area (Å²) in [5.41, 5.74) is 4.46. The lowest BCUT2D eigenvalue weighted by Crippen LogP contribution is -2.46. The minimum absolute atomic E-state index is 0. The molecule has 1 fully saturated rings. The van der Waals surface area contributed by atoms with Crippen molar-refractivity contribution < 1.29 is 9.47 Å². The van der Waals surface area contributed by atoms with Gasteiger partial charge in [0.25, 0.3) is 0 Å². The Labute approximate surface area is 203 Å².